The monoisotopic (exact) mass is 349 g/mol. The molecule has 0 spiro atoms. The first-order chi connectivity index (χ1) is 8.26. The van der Waals surface area contributed by atoms with Gasteiger partial charge in [0, 0.05) is 31.2 Å². The fourth-order valence-corrected chi connectivity index (χ4v) is 2.55. The maximum absolute atomic E-state index is 11.4. The van der Waals surface area contributed by atoms with Crippen LogP contribution in [0.25, 0.3) is 0 Å². The fourth-order valence-electron chi connectivity index (χ4n) is 0.624. The Morgan fingerprint density at radius 2 is 2.17 bits per heavy atom. The van der Waals surface area contributed by atoms with E-state index in [9.17, 15) is 4.79 Å². The number of hydrogen-bond acceptors (Lipinski definition) is 6. The number of oxime groups is 1. The van der Waals surface area contributed by atoms with Gasteiger partial charge in [-0.15, -0.1) is 11.8 Å². The van der Waals surface area contributed by atoms with Gasteiger partial charge in [0.15, 0.2) is 0 Å². The van der Waals surface area contributed by atoms with Gasteiger partial charge in [0.05, 0.1) is 6.07 Å². The highest BCUT2D eigenvalue weighted by atomic mass is 35.6. The Labute approximate surface area is 129 Å². The highest BCUT2D eigenvalue weighted by Crippen LogP contribution is 2.40. The molecule has 0 aliphatic heterocycles. The van der Waals surface area contributed by atoms with E-state index in [0.717, 1.165) is 4.31 Å². The lowest BCUT2D eigenvalue weighted by Crippen LogP contribution is -2.22. The maximum Gasteiger partial charge on any atom is 0.445 e. The predicted molar refractivity (Wildman–Crippen MR) is 77.9 cm³/mol. The SMILES string of the molecule is C/C(=N\OC(=O)N(C)SC(Cl)(Cl)Cl)SCCC#N. The predicted octanol–water partition coefficient (Wildman–Crippen LogP) is 4.01. The summed E-state index contributed by atoms with van der Waals surface area (Å²) in [4.78, 5) is 16.0. The van der Waals surface area contributed by atoms with E-state index in [-0.39, 0.29) is 0 Å². The van der Waals surface area contributed by atoms with Gasteiger partial charge in [0.1, 0.15) is 5.04 Å². The number of nitrogens with zero attached hydrogens (tertiary/aromatic N) is 3. The molecule has 0 rings (SSSR count). The Morgan fingerprint density at radius 3 is 2.67 bits per heavy atom. The maximum atomic E-state index is 11.4. The van der Waals surface area contributed by atoms with Gasteiger partial charge in [-0.05, 0) is 6.92 Å². The van der Waals surface area contributed by atoms with Gasteiger partial charge in [0.2, 0.25) is 0 Å². The normalized spacial score (nSPS) is 11.9. The van der Waals surface area contributed by atoms with Crippen molar-refractivity contribution in [2.45, 2.75) is 16.5 Å². The van der Waals surface area contributed by atoms with Crippen LogP contribution in [0, 0.1) is 11.3 Å². The summed E-state index contributed by atoms with van der Waals surface area (Å²) in [5.41, 5.74) is 0. The molecular weight excluding hydrogens is 341 g/mol. The van der Waals surface area contributed by atoms with Crippen molar-refractivity contribution in [3.63, 3.8) is 0 Å². The number of amides is 1. The molecule has 0 aromatic carbocycles. The summed E-state index contributed by atoms with van der Waals surface area (Å²) in [5, 5.41) is 12.5. The average molecular weight is 351 g/mol. The number of alkyl halides is 3. The van der Waals surface area contributed by atoms with Gasteiger partial charge in [-0.25, -0.2) is 9.10 Å². The molecule has 0 bridgehead atoms. The molecule has 0 saturated carbocycles. The van der Waals surface area contributed by atoms with Crippen LogP contribution in [0.1, 0.15) is 13.3 Å². The van der Waals surface area contributed by atoms with Crippen molar-refractivity contribution in [3.8, 4) is 6.07 Å². The van der Waals surface area contributed by atoms with Crippen LogP contribution in [0.2, 0.25) is 0 Å². The Bertz CT molecular complexity index is 354. The molecular formula is C8H10Cl3N3O2S2. The van der Waals surface area contributed by atoms with Gasteiger partial charge >= 0.3 is 6.09 Å². The molecule has 0 atom stereocenters. The van der Waals surface area contributed by atoms with Crippen LogP contribution < -0.4 is 0 Å². The molecule has 18 heavy (non-hydrogen) atoms. The molecule has 0 aromatic rings. The van der Waals surface area contributed by atoms with E-state index in [1.807, 2.05) is 6.07 Å². The van der Waals surface area contributed by atoms with E-state index in [1.54, 1.807) is 6.92 Å². The highest BCUT2D eigenvalue weighted by Gasteiger charge is 2.27. The van der Waals surface area contributed by atoms with Crippen LogP contribution >= 0.6 is 58.5 Å². The minimum absolute atomic E-state index is 0.397. The van der Waals surface area contributed by atoms with Crippen molar-refractivity contribution in [2.24, 2.45) is 5.16 Å². The van der Waals surface area contributed by atoms with Crippen LogP contribution in [0.3, 0.4) is 0 Å². The third-order valence-electron chi connectivity index (χ3n) is 1.27. The largest absolute Gasteiger partial charge is 0.445 e. The van der Waals surface area contributed by atoms with Gasteiger partial charge < -0.3 is 0 Å². The Morgan fingerprint density at radius 1 is 1.56 bits per heavy atom. The molecule has 10 heteroatoms. The van der Waals surface area contributed by atoms with Gasteiger partial charge in [-0.2, -0.15) is 5.26 Å². The smallest absolute Gasteiger partial charge is 0.296 e. The van der Waals surface area contributed by atoms with E-state index in [0.29, 0.717) is 29.2 Å². The number of carbonyl (C=O) groups is 1. The summed E-state index contributed by atoms with van der Waals surface area (Å²) in [5.74, 6) is 0.585. The second kappa shape index (κ2) is 8.99. The topological polar surface area (TPSA) is 65.7 Å². The number of thioether (sulfide) groups is 1. The second-order valence-electron chi connectivity index (χ2n) is 2.76. The second-order valence-corrected chi connectivity index (χ2v) is 8.34. The van der Waals surface area contributed by atoms with Crippen molar-refractivity contribution >= 4 is 69.6 Å². The fraction of sp³-hybridized carbons (Fsp3) is 0.625. The third-order valence-corrected chi connectivity index (χ3v) is 3.43. The van der Waals surface area contributed by atoms with Crippen LogP contribution in [0.15, 0.2) is 5.16 Å². The lowest BCUT2D eigenvalue weighted by atomic mass is 10.6. The van der Waals surface area contributed by atoms with Gasteiger partial charge in [-0.1, -0.05) is 40.0 Å². The summed E-state index contributed by atoms with van der Waals surface area (Å²) >= 11 is 18.5. The van der Waals surface area contributed by atoms with Crippen LogP contribution in [-0.4, -0.2) is 31.4 Å². The standard InChI is InChI=1S/C8H10Cl3N3O2S2/c1-6(17-5-3-4-12)13-16-7(15)14(2)18-8(9,10)11/h3,5H2,1-2H3/b13-6+. The summed E-state index contributed by atoms with van der Waals surface area (Å²) in [6, 6.07) is 1.99. The van der Waals surface area contributed by atoms with Crippen LogP contribution in [-0.2, 0) is 4.84 Å². The summed E-state index contributed by atoms with van der Waals surface area (Å²) < 4.78 is -0.627. The minimum Gasteiger partial charge on any atom is -0.296 e. The minimum atomic E-state index is -1.64. The Balaban J connectivity index is 4.08. The van der Waals surface area contributed by atoms with Gasteiger partial charge in [0.25, 0.3) is 3.12 Å². The molecule has 102 valence electrons. The highest BCUT2D eigenvalue weighted by molar-refractivity contribution is 8.13. The molecule has 0 unspecified atom stereocenters. The van der Waals surface area contributed by atoms with Crippen LogP contribution in [0.5, 0.6) is 0 Å². The molecule has 1 amide bonds. The first-order valence-corrected chi connectivity index (χ1v) is 7.40. The number of carbonyl (C=O) groups excluding carboxylic acids is 1. The number of hydrogen-bond donors (Lipinski definition) is 0. The average Bonchev–Trinajstić information content (AvgIpc) is 2.23. The Kier molecular flexibility index (Phi) is 8.99. The molecule has 0 saturated heterocycles. The zero-order valence-electron chi connectivity index (χ0n) is 9.52. The number of rotatable bonds is 4. The number of halogens is 3. The number of nitriles is 1. The van der Waals surface area contributed by atoms with Gasteiger partial charge in [-0.3, -0.25) is 4.84 Å². The summed E-state index contributed by atoms with van der Waals surface area (Å²) in [6.45, 7) is 1.66. The van der Waals surface area contributed by atoms with E-state index in [1.165, 1.54) is 18.8 Å². The molecule has 5 nitrogen and oxygen atoms in total. The van der Waals surface area contributed by atoms with Crippen molar-refractivity contribution in [3.05, 3.63) is 0 Å². The first-order valence-electron chi connectivity index (χ1n) is 4.51. The molecule has 0 heterocycles. The molecule has 0 aromatic heterocycles. The van der Waals surface area contributed by atoms with E-state index >= 15 is 0 Å². The molecule has 0 aliphatic carbocycles. The quantitative estimate of drug-likeness (QED) is 0.146. The Hall–Kier alpha value is -0.000000000000000167. The van der Waals surface area contributed by atoms with Crippen molar-refractivity contribution in [1.82, 2.24) is 4.31 Å². The molecule has 0 aliphatic rings. The van der Waals surface area contributed by atoms with E-state index < -0.39 is 9.22 Å². The lowest BCUT2D eigenvalue weighted by molar-refractivity contribution is 0.137. The van der Waals surface area contributed by atoms with Crippen molar-refractivity contribution in [2.75, 3.05) is 12.8 Å². The summed E-state index contributed by atoms with van der Waals surface area (Å²) in [6.07, 6.45) is -0.361. The van der Waals surface area contributed by atoms with Crippen LogP contribution in [0.4, 0.5) is 4.79 Å². The van der Waals surface area contributed by atoms with E-state index in [2.05, 4.69) is 9.99 Å². The van der Waals surface area contributed by atoms with E-state index in [4.69, 9.17) is 40.1 Å². The molecule has 0 fully saturated rings. The lowest BCUT2D eigenvalue weighted by Gasteiger charge is -2.17. The molecule has 0 N–H and O–H groups in total. The van der Waals surface area contributed by atoms with Crippen molar-refractivity contribution in [1.29, 1.82) is 5.26 Å². The zero-order chi connectivity index (χ0) is 14.2. The summed E-state index contributed by atoms with van der Waals surface area (Å²) in [7, 11) is 1.39. The van der Waals surface area contributed by atoms with Crippen molar-refractivity contribution < 1.29 is 9.63 Å². The first kappa shape index (κ1) is 18.0. The third kappa shape index (κ3) is 9.97. The molecule has 0 radical (unpaired) electrons. The zero-order valence-corrected chi connectivity index (χ0v) is 13.4.